The first-order valence-corrected chi connectivity index (χ1v) is 8.47. The van der Waals surface area contributed by atoms with Crippen LogP contribution >= 0.6 is 22.9 Å². The second-order valence-corrected chi connectivity index (χ2v) is 8.53. The number of nitrogens with zero attached hydrogens (tertiary/aromatic N) is 1. The highest BCUT2D eigenvalue weighted by molar-refractivity contribution is 7.91. The van der Waals surface area contributed by atoms with Gasteiger partial charge in [-0.3, -0.25) is 0 Å². The summed E-state index contributed by atoms with van der Waals surface area (Å²) in [6.07, 6.45) is 0. The average molecular weight is 309 g/mol. The fourth-order valence-corrected chi connectivity index (χ4v) is 5.55. The summed E-state index contributed by atoms with van der Waals surface area (Å²) in [5, 5.41) is 3.27. The molecule has 0 bridgehead atoms. The Balaban J connectivity index is 2.35. The molecule has 102 valence electrons. The molecule has 2 unspecified atom stereocenters. The van der Waals surface area contributed by atoms with Gasteiger partial charge in [-0.15, -0.1) is 11.3 Å². The number of nitrogens with one attached hydrogen (secondary N) is 1. The van der Waals surface area contributed by atoms with Gasteiger partial charge in [-0.25, -0.2) is 8.42 Å². The molecule has 0 amide bonds. The molecule has 4 nitrogen and oxygen atoms in total. The first-order valence-electron chi connectivity index (χ1n) is 5.83. The van der Waals surface area contributed by atoms with Gasteiger partial charge in [-0.05, 0) is 32.4 Å². The van der Waals surface area contributed by atoms with Crippen molar-refractivity contribution in [2.45, 2.75) is 37.1 Å². The van der Waals surface area contributed by atoms with Gasteiger partial charge in [-0.1, -0.05) is 11.6 Å². The van der Waals surface area contributed by atoms with Crippen molar-refractivity contribution in [3.63, 3.8) is 0 Å². The molecule has 1 aromatic heterocycles. The Kier molecular flexibility index (Phi) is 4.04. The third-order valence-electron chi connectivity index (χ3n) is 3.10. The molecule has 2 rings (SSSR count). The summed E-state index contributed by atoms with van der Waals surface area (Å²) >= 11 is 7.10. The maximum Gasteiger partial charge on any atom is 0.252 e. The van der Waals surface area contributed by atoms with Crippen LogP contribution in [-0.4, -0.2) is 37.9 Å². The highest BCUT2D eigenvalue weighted by Crippen LogP contribution is 2.33. The van der Waals surface area contributed by atoms with E-state index in [1.165, 1.54) is 0 Å². The van der Waals surface area contributed by atoms with E-state index in [4.69, 9.17) is 11.6 Å². The lowest BCUT2D eigenvalue weighted by Gasteiger charge is -2.36. The Morgan fingerprint density at radius 3 is 2.72 bits per heavy atom. The van der Waals surface area contributed by atoms with Crippen molar-refractivity contribution >= 4 is 33.0 Å². The third kappa shape index (κ3) is 2.58. The molecule has 1 fully saturated rings. The normalized spacial score (nSPS) is 26.4. The number of sulfonamides is 1. The Morgan fingerprint density at radius 2 is 2.17 bits per heavy atom. The van der Waals surface area contributed by atoms with Gasteiger partial charge < -0.3 is 5.32 Å². The molecule has 7 heteroatoms. The predicted octanol–water partition coefficient (Wildman–Crippen LogP) is 2.08. The predicted molar refractivity (Wildman–Crippen MR) is 74.9 cm³/mol. The Bertz CT molecular complexity index is 522. The van der Waals surface area contributed by atoms with Gasteiger partial charge >= 0.3 is 0 Å². The van der Waals surface area contributed by atoms with E-state index in [1.807, 2.05) is 20.8 Å². The maximum absolute atomic E-state index is 12.6. The number of aryl methyl sites for hydroxylation is 1. The van der Waals surface area contributed by atoms with Gasteiger partial charge in [0.1, 0.15) is 4.21 Å². The summed E-state index contributed by atoms with van der Waals surface area (Å²) in [7, 11) is -3.42. The number of thiophene rings is 1. The molecule has 2 atom stereocenters. The summed E-state index contributed by atoms with van der Waals surface area (Å²) in [6, 6.07) is 1.79. The number of rotatable bonds is 2. The fraction of sp³-hybridized carbons (Fsp3) is 0.636. The molecule has 2 heterocycles. The van der Waals surface area contributed by atoms with Crippen LogP contribution in [0.2, 0.25) is 4.34 Å². The molecule has 1 aromatic rings. The van der Waals surface area contributed by atoms with Crippen LogP contribution in [0.15, 0.2) is 10.3 Å². The quantitative estimate of drug-likeness (QED) is 0.910. The fourth-order valence-electron chi connectivity index (χ4n) is 2.00. The van der Waals surface area contributed by atoms with Crippen molar-refractivity contribution in [2.24, 2.45) is 0 Å². The molecule has 1 saturated heterocycles. The van der Waals surface area contributed by atoms with E-state index < -0.39 is 10.0 Å². The van der Waals surface area contributed by atoms with E-state index in [-0.39, 0.29) is 12.1 Å². The van der Waals surface area contributed by atoms with Crippen LogP contribution in [0.25, 0.3) is 0 Å². The second kappa shape index (κ2) is 5.09. The summed E-state index contributed by atoms with van der Waals surface area (Å²) in [4.78, 5) is 0. The van der Waals surface area contributed by atoms with Crippen molar-refractivity contribution in [3.05, 3.63) is 16.0 Å². The first-order chi connectivity index (χ1) is 8.32. The largest absolute Gasteiger partial charge is 0.311 e. The zero-order valence-electron chi connectivity index (χ0n) is 10.6. The Morgan fingerprint density at radius 1 is 1.50 bits per heavy atom. The molecule has 0 saturated carbocycles. The van der Waals surface area contributed by atoms with E-state index in [0.29, 0.717) is 21.6 Å². The van der Waals surface area contributed by atoms with Gasteiger partial charge in [0.2, 0.25) is 0 Å². The molecular weight excluding hydrogens is 292 g/mol. The second-order valence-electron chi connectivity index (χ2n) is 4.76. The van der Waals surface area contributed by atoms with E-state index in [2.05, 4.69) is 5.32 Å². The van der Waals surface area contributed by atoms with Crippen LogP contribution in [0, 0.1) is 6.92 Å². The molecule has 0 spiro atoms. The van der Waals surface area contributed by atoms with Gasteiger partial charge in [0, 0.05) is 25.2 Å². The van der Waals surface area contributed by atoms with E-state index >= 15 is 0 Å². The highest BCUT2D eigenvalue weighted by atomic mass is 35.5. The third-order valence-corrected chi connectivity index (χ3v) is 7.09. The number of hydrogen-bond acceptors (Lipinski definition) is 4. The maximum atomic E-state index is 12.6. The van der Waals surface area contributed by atoms with Crippen LogP contribution in [0.3, 0.4) is 0 Å². The minimum absolute atomic E-state index is 0.0348. The van der Waals surface area contributed by atoms with Crippen LogP contribution in [-0.2, 0) is 10.0 Å². The lowest BCUT2D eigenvalue weighted by atomic mass is 10.2. The monoisotopic (exact) mass is 308 g/mol. The summed E-state index contributed by atoms with van der Waals surface area (Å²) in [5.74, 6) is 0. The minimum atomic E-state index is -3.42. The molecule has 0 aliphatic carbocycles. The van der Waals surface area contributed by atoms with Gasteiger partial charge in [0.05, 0.1) is 4.34 Å². The lowest BCUT2D eigenvalue weighted by molar-refractivity contribution is 0.245. The van der Waals surface area contributed by atoms with Crippen LogP contribution in [0.1, 0.15) is 19.4 Å². The zero-order chi connectivity index (χ0) is 13.5. The van der Waals surface area contributed by atoms with Crippen molar-refractivity contribution in [3.8, 4) is 0 Å². The summed E-state index contributed by atoms with van der Waals surface area (Å²) < 4.78 is 27.6. The molecule has 18 heavy (non-hydrogen) atoms. The number of hydrogen-bond donors (Lipinski definition) is 1. The SMILES string of the molecule is Cc1cc(S(=O)(=O)N2CC(C)NCC2C)sc1Cl. The summed E-state index contributed by atoms with van der Waals surface area (Å²) in [5.41, 5.74) is 0.816. The van der Waals surface area contributed by atoms with Gasteiger partial charge in [0.25, 0.3) is 10.0 Å². The van der Waals surface area contributed by atoms with E-state index in [1.54, 1.807) is 10.4 Å². The minimum Gasteiger partial charge on any atom is -0.311 e. The topological polar surface area (TPSA) is 49.4 Å². The van der Waals surface area contributed by atoms with Crippen LogP contribution < -0.4 is 5.32 Å². The zero-order valence-corrected chi connectivity index (χ0v) is 13.0. The van der Waals surface area contributed by atoms with E-state index in [9.17, 15) is 8.42 Å². The van der Waals surface area contributed by atoms with Gasteiger partial charge in [-0.2, -0.15) is 4.31 Å². The van der Waals surface area contributed by atoms with E-state index in [0.717, 1.165) is 16.9 Å². The molecule has 1 aliphatic rings. The van der Waals surface area contributed by atoms with Crippen LogP contribution in [0.4, 0.5) is 0 Å². The van der Waals surface area contributed by atoms with Crippen LogP contribution in [0.5, 0.6) is 0 Å². The van der Waals surface area contributed by atoms with Crippen molar-refractivity contribution in [1.29, 1.82) is 0 Å². The summed E-state index contributed by atoms with van der Waals surface area (Å²) in [6.45, 7) is 6.90. The molecule has 1 N–H and O–H groups in total. The highest BCUT2D eigenvalue weighted by Gasteiger charge is 2.34. The Labute approximate surface area is 117 Å². The van der Waals surface area contributed by atoms with Gasteiger partial charge in [0.15, 0.2) is 0 Å². The number of halogens is 1. The standard InChI is InChI=1S/C11H17ClN2O2S2/c1-7-4-10(17-11(7)12)18(15,16)14-6-8(2)13-5-9(14)3/h4,8-9,13H,5-6H2,1-3H3. The average Bonchev–Trinajstić information content (AvgIpc) is 2.63. The number of piperazine rings is 1. The molecule has 1 aliphatic heterocycles. The van der Waals surface area contributed by atoms with Crippen molar-refractivity contribution in [1.82, 2.24) is 9.62 Å². The van der Waals surface area contributed by atoms with Crippen molar-refractivity contribution < 1.29 is 8.42 Å². The Hall–Kier alpha value is -0.140. The molecule has 0 radical (unpaired) electrons. The molecular formula is C11H17ClN2O2S2. The smallest absolute Gasteiger partial charge is 0.252 e. The molecule has 0 aromatic carbocycles. The first kappa shape index (κ1) is 14.3. The lowest BCUT2D eigenvalue weighted by Crippen LogP contribution is -2.55. The van der Waals surface area contributed by atoms with Crippen molar-refractivity contribution in [2.75, 3.05) is 13.1 Å².